The molecule has 2 aliphatic rings. The molecule has 4 nitrogen and oxygen atoms in total. The Balaban J connectivity index is 1.61. The van der Waals surface area contributed by atoms with Gasteiger partial charge in [-0.2, -0.15) is 26.3 Å². The molecule has 1 saturated carbocycles. The number of ether oxygens (including phenoxy) is 1. The Morgan fingerprint density at radius 2 is 1.56 bits per heavy atom. The monoisotopic (exact) mass is 560 g/mol. The third-order valence-electron chi connectivity index (χ3n) is 7.97. The van der Waals surface area contributed by atoms with Crippen LogP contribution < -0.4 is 0 Å². The maximum atomic E-state index is 13.7. The van der Waals surface area contributed by atoms with E-state index >= 15 is 0 Å². The highest BCUT2D eigenvalue weighted by molar-refractivity contribution is 5.78. The molecular formula is C28H31F7N2O2. The number of hydrogen-bond acceptors (Lipinski definition) is 3. The van der Waals surface area contributed by atoms with Crippen molar-refractivity contribution >= 4 is 5.91 Å². The van der Waals surface area contributed by atoms with Gasteiger partial charge < -0.3 is 14.5 Å². The van der Waals surface area contributed by atoms with E-state index in [9.17, 15) is 35.5 Å². The van der Waals surface area contributed by atoms with E-state index in [-0.39, 0.29) is 35.5 Å². The molecule has 0 spiro atoms. The van der Waals surface area contributed by atoms with Crippen molar-refractivity contribution in [1.29, 1.82) is 0 Å². The van der Waals surface area contributed by atoms with Gasteiger partial charge >= 0.3 is 12.4 Å². The van der Waals surface area contributed by atoms with Crippen LogP contribution >= 0.6 is 0 Å². The Bertz CT molecular complexity index is 1130. The molecule has 1 aliphatic heterocycles. The molecule has 2 aromatic rings. The summed E-state index contributed by atoms with van der Waals surface area (Å²) in [5.41, 5.74) is -2.24. The average Bonchev–Trinajstić information content (AvgIpc) is 3.41. The molecular weight excluding hydrogens is 529 g/mol. The summed E-state index contributed by atoms with van der Waals surface area (Å²) in [4.78, 5) is 15.8. The zero-order chi connectivity index (χ0) is 28.7. The number of likely N-dealkylation sites (tertiary alicyclic amines) is 1. The molecule has 4 rings (SSSR count). The molecule has 0 bridgehead atoms. The average molecular weight is 561 g/mol. The third-order valence-corrected chi connectivity index (χ3v) is 7.97. The van der Waals surface area contributed by atoms with E-state index < -0.39 is 41.5 Å². The van der Waals surface area contributed by atoms with E-state index in [1.807, 2.05) is 7.05 Å². The van der Waals surface area contributed by atoms with Crippen LogP contribution in [0.1, 0.15) is 66.9 Å². The van der Waals surface area contributed by atoms with E-state index in [2.05, 4.69) is 4.90 Å². The summed E-state index contributed by atoms with van der Waals surface area (Å²) in [6, 6.07) is 7.31. The van der Waals surface area contributed by atoms with E-state index in [0.717, 1.165) is 12.0 Å². The predicted octanol–water partition coefficient (Wildman–Crippen LogP) is 6.81. The molecule has 0 N–H and O–H groups in total. The van der Waals surface area contributed by atoms with Gasteiger partial charge in [-0.3, -0.25) is 4.79 Å². The maximum Gasteiger partial charge on any atom is 0.416 e. The van der Waals surface area contributed by atoms with Crippen LogP contribution in [0.3, 0.4) is 0 Å². The lowest BCUT2D eigenvalue weighted by atomic mass is 9.91. The Morgan fingerprint density at radius 3 is 2.08 bits per heavy atom. The summed E-state index contributed by atoms with van der Waals surface area (Å²) in [7, 11) is 3.68. The van der Waals surface area contributed by atoms with Crippen LogP contribution in [-0.2, 0) is 21.9 Å². The molecule has 0 unspecified atom stereocenters. The Labute approximate surface area is 222 Å². The first-order chi connectivity index (χ1) is 18.1. The summed E-state index contributed by atoms with van der Waals surface area (Å²) in [6.45, 7) is 2.03. The number of alkyl halides is 6. The van der Waals surface area contributed by atoms with Crippen molar-refractivity contribution in [3.05, 3.63) is 70.5 Å². The van der Waals surface area contributed by atoms with Gasteiger partial charge in [-0.1, -0.05) is 12.1 Å². The second-order valence-electron chi connectivity index (χ2n) is 10.5. The summed E-state index contributed by atoms with van der Waals surface area (Å²) in [5, 5.41) is 0. The van der Waals surface area contributed by atoms with Crippen LogP contribution in [0.4, 0.5) is 30.7 Å². The minimum atomic E-state index is -4.96. The predicted molar refractivity (Wildman–Crippen MR) is 130 cm³/mol. The summed E-state index contributed by atoms with van der Waals surface area (Å²) in [6.07, 6.45) is -9.16. The number of carbonyl (C=O) groups is 1. The van der Waals surface area contributed by atoms with Gasteiger partial charge in [0.25, 0.3) is 0 Å². The molecule has 2 fully saturated rings. The standard InChI is InChI=1S/C28H31F7N2O2/c1-16(18-12-19(27(30,31)32)14-20(13-18)28(33,34)35)39-24-10-9-23(26(24)17-4-6-21(29)7-5-17)36(2)15-22-8-11-25(38)37(22)3/h4-7,12-14,16,22-24,26H,8-11,15H2,1-3H3/t16-,22+,23-,24+,26+/m1/s1. The smallest absolute Gasteiger partial charge is 0.370 e. The molecule has 2 aromatic carbocycles. The molecule has 0 aromatic heterocycles. The zero-order valence-electron chi connectivity index (χ0n) is 21.8. The first kappa shape index (κ1) is 29.3. The van der Waals surface area contributed by atoms with Crippen molar-refractivity contribution in [1.82, 2.24) is 9.80 Å². The Hall–Kier alpha value is -2.66. The lowest BCUT2D eigenvalue weighted by Crippen LogP contribution is -2.44. The summed E-state index contributed by atoms with van der Waals surface area (Å²) in [5.74, 6) is -0.667. The van der Waals surface area contributed by atoms with Gasteiger partial charge in [-0.25, -0.2) is 4.39 Å². The quantitative estimate of drug-likeness (QED) is 0.349. The van der Waals surface area contributed by atoms with Crippen molar-refractivity contribution in [2.75, 3.05) is 20.6 Å². The van der Waals surface area contributed by atoms with Crippen molar-refractivity contribution in [3.63, 3.8) is 0 Å². The molecule has 1 heterocycles. The number of hydrogen-bond donors (Lipinski definition) is 0. The molecule has 1 saturated heterocycles. The molecule has 0 radical (unpaired) electrons. The fourth-order valence-electron chi connectivity index (χ4n) is 5.81. The van der Waals surface area contributed by atoms with Gasteiger partial charge in [0.2, 0.25) is 5.91 Å². The number of rotatable bonds is 7. The van der Waals surface area contributed by atoms with Crippen molar-refractivity contribution in [2.24, 2.45) is 0 Å². The molecule has 1 amide bonds. The van der Waals surface area contributed by atoms with E-state index in [1.165, 1.54) is 19.1 Å². The second-order valence-corrected chi connectivity index (χ2v) is 10.5. The molecule has 11 heteroatoms. The third kappa shape index (κ3) is 6.57. The van der Waals surface area contributed by atoms with Gasteiger partial charge in [0.1, 0.15) is 5.82 Å². The van der Waals surface area contributed by atoms with Crippen LogP contribution in [0.5, 0.6) is 0 Å². The van der Waals surface area contributed by atoms with Gasteiger partial charge in [0.15, 0.2) is 0 Å². The number of benzene rings is 2. The minimum Gasteiger partial charge on any atom is -0.370 e. The van der Waals surface area contributed by atoms with E-state index in [0.29, 0.717) is 37.9 Å². The highest BCUT2D eigenvalue weighted by atomic mass is 19.4. The lowest BCUT2D eigenvalue weighted by Gasteiger charge is -2.35. The maximum absolute atomic E-state index is 13.7. The Morgan fingerprint density at radius 1 is 0.974 bits per heavy atom. The number of carbonyl (C=O) groups excluding carboxylic acids is 1. The molecule has 39 heavy (non-hydrogen) atoms. The fourth-order valence-corrected chi connectivity index (χ4v) is 5.81. The van der Waals surface area contributed by atoms with Gasteiger partial charge in [-0.05, 0) is 74.7 Å². The van der Waals surface area contributed by atoms with Crippen molar-refractivity contribution in [3.8, 4) is 0 Å². The lowest BCUT2D eigenvalue weighted by molar-refractivity contribution is -0.143. The Kier molecular flexibility index (Phi) is 8.33. The van der Waals surface area contributed by atoms with Crippen LogP contribution in [0.15, 0.2) is 42.5 Å². The van der Waals surface area contributed by atoms with Crippen LogP contribution in [0.2, 0.25) is 0 Å². The largest absolute Gasteiger partial charge is 0.416 e. The van der Waals surface area contributed by atoms with Crippen LogP contribution in [0, 0.1) is 5.82 Å². The fraction of sp³-hybridized carbons (Fsp3) is 0.536. The molecule has 5 atom stereocenters. The first-order valence-electron chi connectivity index (χ1n) is 12.8. The van der Waals surface area contributed by atoms with E-state index in [1.54, 1.807) is 24.1 Å². The molecule has 214 valence electrons. The number of nitrogens with zero attached hydrogens (tertiary/aromatic N) is 2. The second kappa shape index (κ2) is 11.1. The minimum absolute atomic E-state index is 0.0288. The topological polar surface area (TPSA) is 32.8 Å². The van der Waals surface area contributed by atoms with Crippen molar-refractivity contribution in [2.45, 2.75) is 75.2 Å². The van der Waals surface area contributed by atoms with Gasteiger partial charge in [0.05, 0.1) is 23.3 Å². The summed E-state index contributed by atoms with van der Waals surface area (Å²) >= 11 is 0. The van der Waals surface area contributed by atoms with Gasteiger partial charge in [0, 0.05) is 38.0 Å². The van der Waals surface area contributed by atoms with Crippen molar-refractivity contribution < 1.29 is 40.3 Å². The highest BCUT2D eigenvalue weighted by Gasteiger charge is 2.43. The van der Waals surface area contributed by atoms with Gasteiger partial charge in [-0.15, -0.1) is 0 Å². The highest BCUT2D eigenvalue weighted by Crippen LogP contribution is 2.43. The number of halogens is 7. The normalized spacial score (nSPS) is 25.1. The van der Waals surface area contributed by atoms with E-state index in [4.69, 9.17) is 4.74 Å². The van der Waals surface area contributed by atoms with Crippen LogP contribution in [0.25, 0.3) is 0 Å². The number of likely N-dealkylation sites (N-methyl/N-ethyl adjacent to an activating group) is 2. The molecule has 1 aliphatic carbocycles. The SMILES string of the molecule is C[C@@H](O[C@H]1CC[C@@H](N(C)C[C@@H]2CCC(=O)N2C)[C@@H]1c1ccc(F)cc1)c1cc(C(F)(F)F)cc(C(F)(F)F)c1. The first-order valence-corrected chi connectivity index (χ1v) is 12.8. The zero-order valence-corrected chi connectivity index (χ0v) is 21.8. The number of amides is 1. The summed E-state index contributed by atoms with van der Waals surface area (Å²) < 4.78 is 100. The van der Waals surface area contributed by atoms with Crippen LogP contribution in [-0.4, -0.2) is 54.5 Å².